The monoisotopic (exact) mass is 77.1 g/mol. The molecule has 1 nitrogen and oxygen atoms in total. The first-order valence-electron chi connectivity index (χ1n) is 1.46. The fraction of sp³-hybridized carbons (Fsp3) is 1.00. The van der Waals surface area contributed by atoms with Gasteiger partial charge in [-0.1, -0.05) is 0 Å². The molecule has 0 spiro atoms. The normalized spacial score (nSPS) is 8.40. The van der Waals surface area contributed by atoms with Crippen LogP contribution >= 0.6 is 0 Å². The van der Waals surface area contributed by atoms with Gasteiger partial charge in [0.15, 0.2) is 0 Å². The second-order valence-corrected chi connectivity index (χ2v) is 0.682. The molecule has 0 bridgehead atoms. The molecule has 0 saturated heterocycles. The van der Waals surface area contributed by atoms with Crippen molar-refractivity contribution in [3.05, 3.63) is 0 Å². The summed E-state index contributed by atoms with van der Waals surface area (Å²) in [7, 11) is 1.47. The average molecular weight is 77.1 g/mol. The van der Waals surface area contributed by atoms with E-state index in [0.29, 0.717) is 0 Å². The van der Waals surface area contributed by atoms with E-state index in [2.05, 4.69) is 4.74 Å². The molecule has 0 unspecified atom stereocenters. The molecular weight excluding hydrogens is 70.0 g/mol. The zero-order chi connectivity index (χ0) is 4.12. The Morgan fingerprint density at radius 3 is 2.40 bits per heavy atom. The zero-order valence-corrected chi connectivity index (χ0v) is 3.20. The lowest BCUT2D eigenvalue weighted by atomic mass is 10.8. The van der Waals surface area contributed by atoms with Crippen molar-refractivity contribution in [2.75, 3.05) is 20.4 Å². The first kappa shape index (κ1) is 4.89. The maximum absolute atomic E-state index is 10.9. The van der Waals surface area contributed by atoms with Crippen LogP contribution in [0.15, 0.2) is 0 Å². The number of hydrogen-bond donors (Lipinski definition) is 0. The summed E-state index contributed by atoms with van der Waals surface area (Å²) in [6.45, 7) is -0.156. The molecule has 0 radical (unpaired) electrons. The van der Waals surface area contributed by atoms with Crippen LogP contribution in [0.1, 0.15) is 0 Å². The van der Waals surface area contributed by atoms with E-state index in [0.717, 1.165) is 0 Å². The molecule has 0 rings (SSSR count). The first-order valence-corrected chi connectivity index (χ1v) is 1.46. The Labute approximate surface area is 30.7 Å². The maximum Gasteiger partial charge on any atom is 0.113 e. The van der Waals surface area contributed by atoms with E-state index in [1.165, 1.54) is 7.11 Å². The predicted molar refractivity (Wildman–Crippen MR) is 17.9 cm³/mol. The van der Waals surface area contributed by atoms with Gasteiger partial charge < -0.3 is 4.74 Å². The van der Waals surface area contributed by atoms with E-state index < -0.39 is 0 Å². The molecule has 0 aromatic heterocycles. The van der Waals surface area contributed by atoms with E-state index in [1.54, 1.807) is 0 Å². The minimum Gasteiger partial charge on any atom is -0.382 e. The van der Waals surface area contributed by atoms with Crippen LogP contribution in [-0.2, 0) is 4.74 Å². The largest absolute Gasteiger partial charge is 0.382 e. The van der Waals surface area contributed by atoms with Crippen LogP contribution in [0.25, 0.3) is 0 Å². The van der Waals surface area contributed by atoms with Crippen molar-refractivity contribution in [3.8, 4) is 0 Å². The summed E-state index contributed by atoms with van der Waals surface area (Å²) in [5, 5.41) is 0. The quantitative estimate of drug-likeness (QED) is 0.469. The summed E-state index contributed by atoms with van der Waals surface area (Å²) in [5.74, 6) is 0. The highest BCUT2D eigenvalue weighted by Gasteiger charge is 1.69. The Bertz CT molecular complexity index is 14.4. The van der Waals surface area contributed by atoms with Crippen molar-refractivity contribution < 1.29 is 9.13 Å². The van der Waals surface area contributed by atoms with Crippen molar-refractivity contribution in [3.63, 3.8) is 0 Å². The van der Waals surface area contributed by atoms with Crippen LogP contribution in [0, 0.1) is 0 Å². The van der Waals surface area contributed by atoms with Crippen LogP contribution in [0.3, 0.4) is 0 Å². The van der Waals surface area contributed by atoms with Gasteiger partial charge in [-0.3, -0.25) is 0 Å². The molecular formula is C3H7FO. The maximum atomic E-state index is 10.9. The van der Waals surface area contributed by atoms with Crippen molar-refractivity contribution in [2.24, 2.45) is 0 Å². The van der Waals surface area contributed by atoms with Gasteiger partial charge in [0.1, 0.15) is 6.67 Å². The molecule has 0 N–H and O–H groups in total. The zero-order valence-electron chi connectivity index (χ0n) is 3.20. The van der Waals surface area contributed by atoms with Crippen molar-refractivity contribution >= 4 is 0 Å². The number of methoxy groups -OCH3 is 1. The van der Waals surface area contributed by atoms with Crippen LogP contribution < -0.4 is 0 Å². The Balaban J connectivity index is 2.19. The molecule has 0 aliphatic carbocycles. The topological polar surface area (TPSA) is 9.23 Å². The first-order chi connectivity index (χ1) is 2.41. The molecule has 0 aromatic rings. The van der Waals surface area contributed by atoms with E-state index >= 15 is 0 Å². The summed E-state index contributed by atoms with van der Waals surface area (Å²) < 4.78 is 15.2. The standard InChI is InChI=1S/C3H7FO/c1-5-3-2-4/h2-3H2,1H3/i4-1. The van der Waals surface area contributed by atoms with E-state index in [1.807, 2.05) is 0 Å². The Morgan fingerprint density at radius 2 is 2.40 bits per heavy atom. The Kier molecular flexibility index (Phi) is 3.80. The molecule has 0 aliphatic rings. The Morgan fingerprint density at radius 1 is 1.80 bits per heavy atom. The molecule has 2 heteroatoms. The van der Waals surface area contributed by atoms with Crippen LogP contribution in [-0.4, -0.2) is 20.4 Å². The third kappa shape index (κ3) is 3.89. The van der Waals surface area contributed by atoms with Gasteiger partial charge >= 0.3 is 0 Å². The minimum absolute atomic E-state index is 0.222. The van der Waals surface area contributed by atoms with Crippen molar-refractivity contribution in [1.29, 1.82) is 0 Å². The lowest BCUT2D eigenvalue weighted by molar-refractivity contribution is 0.175. The molecule has 0 aliphatic heterocycles. The van der Waals surface area contributed by atoms with E-state index in [9.17, 15) is 4.39 Å². The smallest absolute Gasteiger partial charge is 0.113 e. The SMILES string of the molecule is COCC[18F]. The fourth-order valence-corrected chi connectivity index (χ4v) is 0.0772. The van der Waals surface area contributed by atoms with Gasteiger partial charge in [-0.05, 0) is 0 Å². The van der Waals surface area contributed by atoms with Gasteiger partial charge in [-0.2, -0.15) is 0 Å². The third-order valence-corrected chi connectivity index (χ3v) is 0.281. The number of ether oxygens (including phenoxy) is 1. The molecule has 0 amide bonds. The summed E-state index contributed by atoms with van der Waals surface area (Å²) in [6.07, 6.45) is 0. The van der Waals surface area contributed by atoms with E-state index in [4.69, 9.17) is 0 Å². The number of hydrogen-bond acceptors (Lipinski definition) is 1. The van der Waals surface area contributed by atoms with E-state index in [-0.39, 0.29) is 13.3 Å². The third-order valence-electron chi connectivity index (χ3n) is 0.281. The molecule has 0 aromatic carbocycles. The Hall–Kier alpha value is -0.110. The minimum atomic E-state index is -0.378. The number of halogens is 1. The molecule has 32 valence electrons. The average Bonchev–Trinajstić information content (AvgIpc) is 1.41. The predicted octanol–water partition coefficient (Wildman–Crippen LogP) is 0.602. The lowest BCUT2D eigenvalue weighted by Crippen LogP contribution is -1.86. The molecule has 0 fully saturated rings. The molecule has 5 heavy (non-hydrogen) atoms. The van der Waals surface area contributed by atoms with Crippen molar-refractivity contribution in [2.45, 2.75) is 0 Å². The molecule has 0 heterocycles. The van der Waals surface area contributed by atoms with Gasteiger partial charge in [0, 0.05) is 7.11 Å². The van der Waals surface area contributed by atoms with Crippen molar-refractivity contribution in [1.82, 2.24) is 0 Å². The van der Waals surface area contributed by atoms with Gasteiger partial charge in [0.05, 0.1) is 6.61 Å². The van der Waals surface area contributed by atoms with Gasteiger partial charge in [-0.15, -0.1) is 0 Å². The van der Waals surface area contributed by atoms with Gasteiger partial charge in [-0.25, -0.2) is 4.39 Å². The van der Waals surface area contributed by atoms with Gasteiger partial charge in [0.25, 0.3) is 0 Å². The highest BCUT2D eigenvalue weighted by atomic mass is 18.2. The molecule has 0 saturated carbocycles. The fourth-order valence-electron chi connectivity index (χ4n) is 0.0772. The highest BCUT2D eigenvalue weighted by molar-refractivity contribution is 4.14. The highest BCUT2D eigenvalue weighted by Crippen LogP contribution is 1.64. The lowest BCUT2D eigenvalue weighted by Gasteiger charge is -1.82. The van der Waals surface area contributed by atoms with Crippen LogP contribution in [0.4, 0.5) is 4.39 Å². The molecule has 0 atom stereocenters. The van der Waals surface area contributed by atoms with Crippen LogP contribution in [0.2, 0.25) is 0 Å². The number of alkyl halides is 1. The summed E-state index contributed by atoms with van der Waals surface area (Å²) in [5.41, 5.74) is 0. The number of rotatable bonds is 2. The summed E-state index contributed by atoms with van der Waals surface area (Å²) in [4.78, 5) is 0. The van der Waals surface area contributed by atoms with Crippen LogP contribution in [0.5, 0.6) is 0 Å². The van der Waals surface area contributed by atoms with Gasteiger partial charge in [0.2, 0.25) is 0 Å². The second kappa shape index (κ2) is 3.89. The summed E-state index contributed by atoms with van der Waals surface area (Å²) in [6, 6.07) is 0. The summed E-state index contributed by atoms with van der Waals surface area (Å²) >= 11 is 0. The second-order valence-electron chi connectivity index (χ2n) is 0.682.